The van der Waals surface area contributed by atoms with Crippen molar-refractivity contribution in [2.24, 2.45) is 7.05 Å². The van der Waals surface area contributed by atoms with Crippen LogP contribution in [-0.4, -0.2) is 44.1 Å². The van der Waals surface area contributed by atoms with Gasteiger partial charge in [0.1, 0.15) is 11.4 Å². The van der Waals surface area contributed by atoms with Crippen molar-refractivity contribution in [1.29, 1.82) is 5.26 Å². The van der Waals surface area contributed by atoms with E-state index in [1.807, 2.05) is 6.07 Å². The first-order valence-corrected chi connectivity index (χ1v) is 11.2. The minimum atomic E-state index is -6.86. The molecule has 208 valence electrons. The predicted octanol–water partition coefficient (Wildman–Crippen LogP) is 6.24. The molecule has 2 heterocycles. The van der Waals surface area contributed by atoms with Gasteiger partial charge in [-0.05, 0) is 42.7 Å². The van der Waals surface area contributed by atoms with E-state index in [4.69, 9.17) is 11.6 Å². The molecule has 1 N–H and O–H groups in total. The zero-order chi connectivity index (χ0) is 29.2. The standard InChI is InChI=1S/C23H15ClF9N5O/c1-37-16(20(25,22(28,29)30)21(26,27)23(31,32)33)4-5-17(37)38-10-13(9-35-38)12-2-3-15(24)14(8-12)18(39)36-19(11-34)6-7-19/h2-5,8-10H,6-7H2,1H3,(H,36,39). The molecule has 3 aromatic rings. The number of aromatic nitrogens is 3. The van der Waals surface area contributed by atoms with Gasteiger partial charge < -0.3 is 9.88 Å². The fourth-order valence-electron chi connectivity index (χ4n) is 3.91. The van der Waals surface area contributed by atoms with Crippen LogP contribution in [0.3, 0.4) is 0 Å². The fraction of sp³-hybridized carbons (Fsp3) is 0.348. The summed E-state index contributed by atoms with van der Waals surface area (Å²) in [6, 6.07) is 6.99. The lowest BCUT2D eigenvalue weighted by atomic mass is 9.92. The van der Waals surface area contributed by atoms with Crippen LogP contribution < -0.4 is 5.32 Å². The molecule has 0 bridgehead atoms. The second-order valence-electron chi connectivity index (χ2n) is 8.88. The Labute approximate surface area is 218 Å². The van der Waals surface area contributed by atoms with Crippen LogP contribution in [0.1, 0.15) is 28.9 Å². The smallest absolute Gasteiger partial charge is 0.334 e. The molecule has 0 radical (unpaired) electrons. The van der Waals surface area contributed by atoms with Gasteiger partial charge in [0.15, 0.2) is 0 Å². The second-order valence-corrected chi connectivity index (χ2v) is 9.29. The van der Waals surface area contributed by atoms with Gasteiger partial charge in [-0.1, -0.05) is 17.7 Å². The summed E-state index contributed by atoms with van der Waals surface area (Å²) in [5, 5.41) is 15.7. The van der Waals surface area contributed by atoms with Crippen LogP contribution in [0.4, 0.5) is 39.5 Å². The van der Waals surface area contributed by atoms with E-state index in [2.05, 4.69) is 10.4 Å². The average Bonchev–Trinajstić information content (AvgIpc) is 3.25. The molecule has 1 unspecified atom stereocenters. The number of carbonyl (C=O) groups is 1. The molecule has 1 aliphatic rings. The molecule has 1 amide bonds. The first kappa shape index (κ1) is 28.3. The Morgan fingerprint density at radius 1 is 1.03 bits per heavy atom. The summed E-state index contributed by atoms with van der Waals surface area (Å²) in [5.74, 6) is -7.93. The number of nitriles is 1. The molecular formula is C23H15ClF9N5O. The topological polar surface area (TPSA) is 75.6 Å². The number of hydrogen-bond donors (Lipinski definition) is 1. The zero-order valence-electron chi connectivity index (χ0n) is 19.4. The number of rotatable bonds is 6. The molecule has 16 heteroatoms. The summed E-state index contributed by atoms with van der Waals surface area (Å²) in [6.45, 7) is 0. The zero-order valence-corrected chi connectivity index (χ0v) is 20.2. The van der Waals surface area contributed by atoms with Crippen LogP contribution >= 0.6 is 11.6 Å². The molecule has 0 aliphatic heterocycles. The Morgan fingerprint density at radius 2 is 1.67 bits per heavy atom. The van der Waals surface area contributed by atoms with Gasteiger partial charge in [-0.3, -0.25) is 4.79 Å². The molecule has 1 saturated carbocycles. The van der Waals surface area contributed by atoms with E-state index in [1.54, 1.807) is 0 Å². The highest BCUT2D eigenvalue weighted by Crippen LogP contribution is 2.58. The van der Waals surface area contributed by atoms with Crippen LogP contribution in [0, 0.1) is 11.3 Å². The Bertz CT molecular complexity index is 1480. The average molecular weight is 584 g/mol. The number of nitrogens with zero attached hydrogens (tertiary/aromatic N) is 4. The van der Waals surface area contributed by atoms with Crippen molar-refractivity contribution in [3.8, 4) is 23.0 Å². The lowest BCUT2D eigenvalue weighted by molar-refractivity contribution is -0.390. The molecular weight excluding hydrogens is 569 g/mol. The maximum Gasteiger partial charge on any atom is 0.457 e. The van der Waals surface area contributed by atoms with E-state index in [1.165, 1.54) is 18.2 Å². The van der Waals surface area contributed by atoms with Gasteiger partial charge in [0.25, 0.3) is 5.91 Å². The van der Waals surface area contributed by atoms with E-state index in [-0.39, 0.29) is 26.8 Å². The summed E-state index contributed by atoms with van der Waals surface area (Å²) < 4.78 is 123. The third-order valence-electron chi connectivity index (χ3n) is 6.31. The molecule has 1 aromatic carbocycles. The Balaban J connectivity index is 1.71. The lowest BCUT2D eigenvalue weighted by Gasteiger charge is -2.36. The number of halogens is 10. The van der Waals surface area contributed by atoms with E-state index in [0.717, 1.165) is 17.1 Å². The summed E-state index contributed by atoms with van der Waals surface area (Å²) in [7, 11) is 0.673. The van der Waals surface area contributed by atoms with Crippen molar-refractivity contribution in [1.82, 2.24) is 19.7 Å². The summed E-state index contributed by atoms with van der Waals surface area (Å²) in [6.07, 6.45) is -10.3. The monoisotopic (exact) mass is 583 g/mol. The number of benzene rings is 1. The molecule has 1 fully saturated rings. The van der Waals surface area contributed by atoms with E-state index >= 15 is 0 Å². The Morgan fingerprint density at radius 3 is 2.21 bits per heavy atom. The van der Waals surface area contributed by atoms with E-state index in [9.17, 15) is 49.6 Å². The van der Waals surface area contributed by atoms with Crippen molar-refractivity contribution >= 4 is 17.5 Å². The third kappa shape index (κ3) is 4.50. The van der Waals surface area contributed by atoms with Crippen LogP contribution in [-0.2, 0) is 12.7 Å². The van der Waals surface area contributed by atoms with Gasteiger partial charge >= 0.3 is 23.9 Å². The Kier molecular flexibility index (Phi) is 6.49. The van der Waals surface area contributed by atoms with Crippen molar-refractivity contribution in [3.63, 3.8) is 0 Å². The van der Waals surface area contributed by atoms with Crippen molar-refractivity contribution in [2.45, 2.75) is 42.3 Å². The maximum atomic E-state index is 15.0. The summed E-state index contributed by atoms with van der Waals surface area (Å²) in [5.41, 5.74) is -8.57. The molecule has 4 rings (SSSR count). The van der Waals surface area contributed by atoms with Gasteiger partial charge in [-0.2, -0.15) is 45.5 Å². The van der Waals surface area contributed by atoms with Gasteiger partial charge in [-0.15, -0.1) is 0 Å². The predicted molar refractivity (Wildman–Crippen MR) is 118 cm³/mol. The van der Waals surface area contributed by atoms with Crippen molar-refractivity contribution in [3.05, 3.63) is 59.0 Å². The fourth-order valence-corrected chi connectivity index (χ4v) is 4.11. The molecule has 0 saturated heterocycles. The molecule has 1 aliphatic carbocycles. The second kappa shape index (κ2) is 8.94. The van der Waals surface area contributed by atoms with Crippen LogP contribution in [0.25, 0.3) is 16.9 Å². The minimum Gasteiger partial charge on any atom is -0.334 e. The quantitative estimate of drug-likeness (QED) is 0.349. The van der Waals surface area contributed by atoms with E-state index < -0.39 is 46.9 Å². The highest BCUT2D eigenvalue weighted by atomic mass is 35.5. The molecule has 0 spiro atoms. The highest BCUT2D eigenvalue weighted by Gasteiger charge is 2.82. The number of nitrogens with one attached hydrogen (secondary N) is 1. The number of amides is 1. The minimum absolute atomic E-state index is 0.00799. The largest absolute Gasteiger partial charge is 0.457 e. The van der Waals surface area contributed by atoms with Crippen LogP contribution in [0.5, 0.6) is 0 Å². The first-order chi connectivity index (χ1) is 17.9. The van der Waals surface area contributed by atoms with Gasteiger partial charge in [-0.25, -0.2) is 9.07 Å². The first-order valence-electron chi connectivity index (χ1n) is 10.8. The van der Waals surface area contributed by atoms with Gasteiger partial charge in [0.2, 0.25) is 0 Å². The molecule has 39 heavy (non-hydrogen) atoms. The Hall–Kier alpha value is -3.67. The number of hydrogen-bond acceptors (Lipinski definition) is 3. The lowest BCUT2D eigenvalue weighted by Crippen LogP contribution is -2.60. The van der Waals surface area contributed by atoms with Crippen LogP contribution in [0.15, 0.2) is 42.7 Å². The van der Waals surface area contributed by atoms with Crippen molar-refractivity contribution in [2.75, 3.05) is 0 Å². The van der Waals surface area contributed by atoms with Gasteiger partial charge in [0, 0.05) is 18.8 Å². The molecule has 1 atom stereocenters. The van der Waals surface area contributed by atoms with E-state index in [0.29, 0.717) is 31.5 Å². The normalized spacial score (nSPS) is 16.9. The third-order valence-corrected chi connectivity index (χ3v) is 6.64. The van der Waals surface area contributed by atoms with Crippen LogP contribution in [0.2, 0.25) is 5.02 Å². The highest BCUT2D eigenvalue weighted by molar-refractivity contribution is 6.34. The maximum absolute atomic E-state index is 15.0. The number of carbonyl (C=O) groups excluding carboxylic acids is 1. The van der Waals surface area contributed by atoms with Gasteiger partial charge in [0.05, 0.1) is 28.5 Å². The van der Waals surface area contributed by atoms with Crippen molar-refractivity contribution < 1.29 is 44.3 Å². The summed E-state index contributed by atoms with van der Waals surface area (Å²) in [4.78, 5) is 12.6. The molecule has 2 aromatic heterocycles. The number of alkyl halides is 9. The molecule has 6 nitrogen and oxygen atoms in total. The SMILES string of the molecule is Cn1c(-n2cc(-c3ccc(Cl)c(C(=O)NC4(C#N)CC4)c3)cn2)ccc1C(F)(C(F)(F)F)C(F)(F)C(F)(F)F. The summed E-state index contributed by atoms with van der Waals surface area (Å²) >= 11 is 6.11.